The lowest BCUT2D eigenvalue weighted by Gasteiger charge is -2.48. The Balaban J connectivity index is 1.93. The van der Waals surface area contributed by atoms with Crippen molar-refractivity contribution in [3.8, 4) is 16.9 Å². The molecule has 2 bridgehead atoms. The maximum atomic E-state index is 10.4. The SMILES string of the molecule is CC12CCCCCC(Cc3c(-c4ccccc4)cc(O)cc31)C2N. The number of hydrogen-bond donors (Lipinski definition) is 2. The molecule has 0 amide bonds. The molecular weight excluding hydrogens is 294 g/mol. The van der Waals surface area contributed by atoms with Gasteiger partial charge in [0.15, 0.2) is 0 Å². The summed E-state index contributed by atoms with van der Waals surface area (Å²) in [4.78, 5) is 0. The maximum absolute atomic E-state index is 10.4. The van der Waals surface area contributed by atoms with Gasteiger partial charge in [0, 0.05) is 11.5 Å². The molecule has 2 nitrogen and oxygen atoms in total. The molecule has 3 N–H and O–H groups in total. The van der Waals surface area contributed by atoms with Crippen molar-refractivity contribution < 1.29 is 5.11 Å². The second kappa shape index (κ2) is 5.93. The van der Waals surface area contributed by atoms with Crippen molar-refractivity contribution in [3.63, 3.8) is 0 Å². The fourth-order valence-corrected chi connectivity index (χ4v) is 5.01. The molecule has 3 unspecified atom stereocenters. The van der Waals surface area contributed by atoms with Crippen LogP contribution in [0.3, 0.4) is 0 Å². The van der Waals surface area contributed by atoms with Gasteiger partial charge in [0.2, 0.25) is 0 Å². The van der Waals surface area contributed by atoms with E-state index in [0.717, 1.165) is 12.8 Å². The summed E-state index contributed by atoms with van der Waals surface area (Å²) in [5.74, 6) is 0.913. The highest BCUT2D eigenvalue weighted by atomic mass is 16.3. The van der Waals surface area contributed by atoms with Gasteiger partial charge < -0.3 is 10.8 Å². The molecule has 0 saturated heterocycles. The van der Waals surface area contributed by atoms with Crippen LogP contribution in [0, 0.1) is 5.92 Å². The molecule has 2 heteroatoms. The molecule has 0 heterocycles. The highest BCUT2D eigenvalue weighted by Gasteiger charge is 2.44. The lowest BCUT2D eigenvalue weighted by atomic mass is 9.59. The van der Waals surface area contributed by atoms with E-state index in [9.17, 15) is 5.11 Å². The van der Waals surface area contributed by atoms with Crippen molar-refractivity contribution in [2.45, 2.75) is 56.9 Å². The lowest BCUT2D eigenvalue weighted by Crippen LogP contribution is -2.53. The number of hydrogen-bond acceptors (Lipinski definition) is 2. The van der Waals surface area contributed by atoms with Gasteiger partial charge in [-0.05, 0) is 59.6 Å². The van der Waals surface area contributed by atoms with Gasteiger partial charge in [0.1, 0.15) is 5.75 Å². The zero-order valence-corrected chi connectivity index (χ0v) is 14.5. The van der Waals surface area contributed by atoms with Crippen molar-refractivity contribution in [2.24, 2.45) is 11.7 Å². The first kappa shape index (κ1) is 15.7. The van der Waals surface area contributed by atoms with E-state index in [1.165, 1.54) is 47.9 Å². The van der Waals surface area contributed by atoms with E-state index < -0.39 is 0 Å². The van der Waals surface area contributed by atoms with Crippen LogP contribution in [0.1, 0.15) is 50.2 Å². The van der Waals surface area contributed by atoms with Crippen LogP contribution >= 0.6 is 0 Å². The van der Waals surface area contributed by atoms with E-state index in [1.54, 1.807) is 0 Å². The average Bonchev–Trinajstić information content (AvgIpc) is 2.59. The molecule has 4 rings (SSSR count). The van der Waals surface area contributed by atoms with E-state index in [4.69, 9.17) is 5.73 Å². The number of fused-ring (bicyclic) bond motifs is 4. The average molecular weight is 321 g/mol. The number of rotatable bonds is 1. The summed E-state index contributed by atoms with van der Waals surface area (Å²) >= 11 is 0. The fourth-order valence-electron chi connectivity index (χ4n) is 5.01. The van der Waals surface area contributed by atoms with Gasteiger partial charge in [-0.15, -0.1) is 0 Å². The smallest absolute Gasteiger partial charge is 0.116 e. The Morgan fingerprint density at radius 3 is 2.67 bits per heavy atom. The largest absolute Gasteiger partial charge is 0.508 e. The van der Waals surface area contributed by atoms with E-state index in [-0.39, 0.29) is 11.5 Å². The molecule has 3 atom stereocenters. The van der Waals surface area contributed by atoms with Crippen LogP contribution in [-0.4, -0.2) is 11.1 Å². The third-order valence-corrected chi connectivity index (χ3v) is 6.42. The van der Waals surface area contributed by atoms with Crippen molar-refractivity contribution in [1.29, 1.82) is 0 Å². The van der Waals surface area contributed by atoms with Gasteiger partial charge in [-0.2, -0.15) is 0 Å². The number of nitrogens with two attached hydrogens (primary N) is 1. The Bertz CT molecular complexity index is 739. The highest BCUT2D eigenvalue weighted by Crippen LogP contribution is 2.49. The number of benzene rings is 2. The number of phenolic OH excluding ortho intramolecular Hbond substituents is 1. The Morgan fingerprint density at radius 2 is 1.88 bits per heavy atom. The molecule has 2 aromatic carbocycles. The zero-order valence-electron chi connectivity index (χ0n) is 14.5. The van der Waals surface area contributed by atoms with Gasteiger partial charge in [-0.25, -0.2) is 0 Å². The molecule has 0 aliphatic heterocycles. The molecule has 2 aliphatic carbocycles. The predicted octanol–water partition coefficient (Wildman–Crippen LogP) is 4.78. The summed E-state index contributed by atoms with van der Waals surface area (Å²) in [7, 11) is 0. The van der Waals surface area contributed by atoms with Crippen LogP contribution in [0.25, 0.3) is 11.1 Å². The predicted molar refractivity (Wildman–Crippen MR) is 99.1 cm³/mol. The van der Waals surface area contributed by atoms with E-state index >= 15 is 0 Å². The van der Waals surface area contributed by atoms with Crippen LogP contribution in [0.4, 0.5) is 0 Å². The minimum Gasteiger partial charge on any atom is -0.508 e. The molecule has 0 aromatic heterocycles. The first-order valence-corrected chi connectivity index (χ1v) is 9.27. The molecule has 24 heavy (non-hydrogen) atoms. The Kier molecular flexibility index (Phi) is 3.88. The lowest BCUT2D eigenvalue weighted by molar-refractivity contribution is 0.201. The van der Waals surface area contributed by atoms with Crippen molar-refractivity contribution in [3.05, 3.63) is 53.6 Å². The topological polar surface area (TPSA) is 46.2 Å². The summed E-state index contributed by atoms with van der Waals surface area (Å²) in [6.07, 6.45) is 7.21. The minimum atomic E-state index is -0.0268. The third kappa shape index (κ3) is 2.44. The van der Waals surface area contributed by atoms with Crippen LogP contribution in [0.2, 0.25) is 0 Å². The Morgan fingerprint density at radius 1 is 1.08 bits per heavy atom. The number of phenols is 1. The van der Waals surface area contributed by atoms with Crippen molar-refractivity contribution >= 4 is 0 Å². The van der Waals surface area contributed by atoms with Crippen molar-refractivity contribution in [1.82, 2.24) is 0 Å². The van der Waals surface area contributed by atoms with Gasteiger partial charge in [0.25, 0.3) is 0 Å². The normalized spacial score (nSPS) is 29.4. The fraction of sp³-hybridized carbons (Fsp3) is 0.455. The Hall–Kier alpha value is -1.80. The van der Waals surface area contributed by atoms with Crippen LogP contribution < -0.4 is 5.73 Å². The molecule has 2 aromatic rings. The second-order valence-electron chi connectivity index (χ2n) is 7.89. The van der Waals surface area contributed by atoms with E-state index in [0.29, 0.717) is 11.7 Å². The summed E-state index contributed by atoms with van der Waals surface area (Å²) in [6, 6.07) is 14.6. The van der Waals surface area contributed by atoms with Crippen LogP contribution in [0.15, 0.2) is 42.5 Å². The standard InChI is InChI=1S/C22H27NO/c1-22-11-7-3-6-10-16(21(22)23)12-19-18(13-17(24)14-20(19)22)15-8-4-2-5-9-15/h2,4-5,8-9,13-14,16,21,24H,3,6-7,10-12,23H2,1H3. The Labute approximate surface area is 144 Å². The van der Waals surface area contributed by atoms with E-state index in [2.05, 4.69) is 31.2 Å². The van der Waals surface area contributed by atoms with Gasteiger partial charge in [-0.1, -0.05) is 56.5 Å². The van der Waals surface area contributed by atoms with E-state index in [1.807, 2.05) is 18.2 Å². The highest BCUT2D eigenvalue weighted by molar-refractivity contribution is 5.72. The van der Waals surface area contributed by atoms with Gasteiger partial charge in [-0.3, -0.25) is 0 Å². The van der Waals surface area contributed by atoms with Crippen LogP contribution in [-0.2, 0) is 11.8 Å². The quantitative estimate of drug-likeness (QED) is 0.794. The first-order chi connectivity index (χ1) is 11.6. The van der Waals surface area contributed by atoms with Gasteiger partial charge >= 0.3 is 0 Å². The molecule has 1 saturated carbocycles. The summed E-state index contributed by atoms with van der Waals surface area (Å²) in [5.41, 5.74) is 11.8. The molecule has 0 radical (unpaired) electrons. The van der Waals surface area contributed by atoms with Crippen molar-refractivity contribution in [2.75, 3.05) is 0 Å². The number of aromatic hydroxyl groups is 1. The minimum absolute atomic E-state index is 0.0268. The first-order valence-electron chi connectivity index (χ1n) is 9.27. The molecule has 0 spiro atoms. The van der Waals surface area contributed by atoms with Crippen LogP contribution in [0.5, 0.6) is 5.75 Å². The summed E-state index contributed by atoms with van der Waals surface area (Å²) in [6.45, 7) is 2.32. The van der Waals surface area contributed by atoms with Gasteiger partial charge in [0.05, 0.1) is 0 Å². The summed E-state index contributed by atoms with van der Waals surface area (Å²) in [5, 5.41) is 10.4. The molecule has 1 fully saturated rings. The summed E-state index contributed by atoms with van der Waals surface area (Å²) < 4.78 is 0. The monoisotopic (exact) mass is 321 g/mol. The molecule has 2 aliphatic rings. The third-order valence-electron chi connectivity index (χ3n) is 6.42. The maximum Gasteiger partial charge on any atom is 0.116 e. The second-order valence-corrected chi connectivity index (χ2v) is 7.89. The zero-order chi connectivity index (χ0) is 16.7. The molecular formula is C22H27NO. The molecule has 126 valence electrons.